The highest BCUT2D eigenvalue weighted by molar-refractivity contribution is 5.96. The molecule has 2 unspecified atom stereocenters. The lowest BCUT2D eigenvalue weighted by Crippen LogP contribution is -2.64. The van der Waals surface area contributed by atoms with Crippen LogP contribution in [0.2, 0.25) is 0 Å². The average Bonchev–Trinajstić information content (AvgIpc) is 2.42. The number of hydrogen-bond acceptors (Lipinski definition) is 3. The fourth-order valence-electron chi connectivity index (χ4n) is 2.66. The molecule has 0 aliphatic carbocycles. The lowest BCUT2D eigenvalue weighted by Gasteiger charge is -2.40. The number of nitrogens with one attached hydrogen (secondary N) is 1. The summed E-state index contributed by atoms with van der Waals surface area (Å²) >= 11 is 0. The molecule has 0 saturated carbocycles. The van der Waals surface area contributed by atoms with Crippen LogP contribution in [-0.2, 0) is 16.1 Å². The van der Waals surface area contributed by atoms with E-state index in [1.165, 1.54) is 6.07 Å². The van der Waals surface area contributed by atoms with Crippen LogP contribution in [0.3, 0.4) is 0 Å². The summed E-state index contributed by atoms with van der Waals surface area (Å²) < 4.78 is 1.54. The van der Waals surface area contributed by atoms with Crippen molar-refractivity contribution in [1.29, 1.82) is 0 Å². The Kier molecular flexibility index (Phi) is 4.45. The molecule has 2 amide bonds. The maximum atomic E-state index is 12.3. The maximum absolute atomic E-state index is 12.3. The molecular weight excluding hydrogens is 270 g/mol. The van der Waals surface area contributed by atoms with E-state index >= 15 is 0 Å². The Morgan fingerprint density at radius 2 is 1.90 bits per heavy atom. The summed E-state index contributed by atoms with van der Waals surface area (Å²) in [5, 5.41) is 2.70. The van der Waals surface area contributed by atoms with Crippen LogP contribution in [0.4, 0.5) is 0 Å². The van der Waals surface area contributed by atoms with Crippen LogP contribution in [0.1, 0.15) is 20.8 Å². The van der Waals surface area contributed by atoms with Crippen molar-refractivity contribution < 1.29 is 9.59 Å². The first-order valence-corrected chi connectivity index (χ1v) is 7.18. The third-order valence-corrected chi connectivity index (χ3v) is 3.73. The highest BCUT2D eigenvalue weighted by Gasteiger charge is 2.39. The molecule has 1 N–H and O–H groups in total. The van der Waals surface area contributed by atoms with Gasteiger partial charge in [-0.25, -0.2) is 0 Å². The zero-order valence-corrected chi connectivity index (χ0v) is 12.6. The number of aromatic nitrogens is 1. The summed E-state index contributed by atoms with van der Waals surface area (Å²) in [5.41, 5.74) is -0.111. The number of carbonyl (C=O) groups excluding carboxylic acids is 2. The molecule has 0 aromatic carbocycles. The van der Waals surface area contributed by atoms with E-state index in [4.69, 9.17) is 0 Å². The van der Waals surface area contributed by atoms with Gasteiger partial charge in [-0.15, -0.1) is 0 Å². The molecule has 1 fully saturated rings. The average molecular weight is 291 g/mol. The van der Waals surface area contributed by atoms with Crippen molar-refractivity contribution >= 4 is 11.8 Å². The summed E-state index contributed by atoms with van der Waals surface area (Å²) in [6.07, 6.45) is 1.69. The predicted molar refractivity (Wildman–Crippen MR) is 78.6 cm³/mol. The summed E-state index contributed by atoms with van der Waals surface area (Å²) in [4.78, 5) is 37.7. The number of carbonyl (C=O) groups is 2. The number of rotatable bonds is 4. The molecule has 1 aromatic heterocycles. The van der Waals surface area contributed by atoms with Crippen molar-refractivity contribution in [2.24, 2.45) is 5.92 Å². The van der Waals surface area contributed by atoms with E-state index in [1.807, 2.05) is 13.8 Å². The van der Waals surface area contributed by atoms with Crippen LogP contribution in [0.25, 0.3) is 0 Å². The monoisotopic (exact) mass is 291 g/mol. The van der Waals surface area contributed by atoms with Gasteiger partial charge < -0.3 is 14.8 Å². The first-order chi connectivity index (χ1) is 9.91. The molecule has 1 aromatic rings. The predicted octanol–water partition coefficient (Wildman–Crippen LogP) is 0.220. The van der Waals surface area contributed by atoms with E-state index in [1.54, 1.807) is 34.7 Å². The number of amides is 2. The van der Waals surface area contributed by atoms with Gasteiger partial charge in [0.2, 0.25) is 11.8 Å². The zero-order valence-electron chi connectivity index (χ0n) is 12.6. The molecule has 2 heterocycles. The van der Waals surface area contributed by atoms with E-state index in [2.05, 4.69) is 5.32 Å². The SMILES string of the molecule is CC1NC(=O)C(C(C)C)N(CCn2ccccc2=O)C1=O. The smallest absolute Gasteiger partial charge is 0.250 e. The molecule has 1 aliphatic heterocycles. The standard InChI is InChI=1S/C15H21N3O3/c1-10(2)13-14(20)16-11(3)15(21)18(13)9-8-17-7-5-4-6-12(17)19/h4-7,10-11,13H,8-9H2,1-3H3,(H,16,20). The van der Waals surface area contributed by atoms with Gasteiger partial charge in [0.05, 0.1) is 0 Å². The third-order valence-electron chi connectivity index (χ3n) is 3.73. The van der Waals surface area contributed by atoms with Crippen LogP contribution >= 0.6 is 0 Å². The van der Waals surface area contributed by atoms with Crippen molar-refractivity contribution in [2.45, 2.75) is 39.4 Å². The fourth-order valence-corrected chi connectivity index (χ4v) is 2.66. The van der Waals surface area contributed by atoms with Crippen LogP contribution in [0.15, 0.2) is 29.2 Å². The summed E-state index contributed by atoms with van der Waals surface area (Å²) in [6, 6.07) is 3.94. The molecule has 2 atom stereocenters. The maximum Gasteiger partial charge on any atom is 0.250 e. The Hall–Kier alpha value is -2.11. The number of nitrogens with zero attached hydrogens (tertiary/aromatic N) is 2. The van der Waals surface area contributed by atoms with Crippen LogP contribution in [0.5, 0.6) is 0 Å². The largest absolute Gasteiger partial charge is 0.343 e. The molecule has 21 heavy (non-hydrogen) atoms. The van der Waals surface area contributed by atoms with E-state index in [0.717, 1.165) is 0 Å². The highest BCUT2D eigenvalue weighted by atomic mass is 16.2. The molecular formula is C15H21N3O3. The van der Waals surface area contributed by atoms with Gasteiger partial charge in [0.25, 0.3) is 5.56 Å². The first-order valence-electron chi connectivity index (χ1n) is 7.18. The fraction of sp³-hybridized carbons (Fsp3) is 0.533. The minimum Gasteiger partial charge on any atom is -0.343 e. The lowest BCUT2D eigenvalue weighted by molar-refractivity contribution is -0.150. The Balaban J connectivity index is 2.18. The summed E-state index contributed by atoms with van der Waals surface area (Å²) in [5.74, 6) is -0.205. The second-order valence-corrected chi connectivity index (χ2v) is 5.68. The molecule has 0 spiro atoms. The number of hydrogen-bond donors (Lipinski definition) is 1. The van der Waals surface area contributed by atoms with Gasteiger partial charge in [0.1, 0.15) is 12.1 Å². The van der Waals surface area contributed by atoms with Crippen LogP contribution in [-0.4, -0.2) is 39.9 Å². The Morgan fingerprint density at radius 3 is 2.52 bits per heavy atom. The Bertz CT molecular complexity index is 594. The van der Waals surface area contributed by atoms with E-state index in [-0.39, 0.29) is 23.3 Å². The van der Waals surface area contributed by atoms with Crippen molar-refractivity contribution in [1.82, 2.24) is 14.8 Å². The first kappa shape index (κ1) is 15.3. The summed E-state index contributed by atoms with van der Waals surface area (Å²) in [7, 11) is 0. The van der Waals surface area contributed by atoms with E-state index in [0.29, 0.717) is 13.1 Å². The van der Waals surface area contributed by atoms with Crippen LogP contribution < -0.4 is 10.9 Å². The molecule has 2 rings (SSSR count). The van der Waals surface area contributed by atoms with Crippen LogP contribution in [0, 0.1) is 5.92 Å². The van der Waals surface area contributed by atoms with Gasteiger partial charge in [-0.1, -0.05) is 19.9 Å². The molecule has 6 heteroatoms. The van der Waals surface area contributed by atoms with E-state index in [9.17, 15) is 14.4 Å². The second-order valence-electron chi connectivity index (χ2n) is 5.68. The molecule has 114 valence electrons. The second kappa shape index (κ2) is 6.11. The quantitative estimate of drug-likeness (QED) is 0.862. The van der Waals surface area contributed by atoms with Crippen molar-refractivity contribution in [3.63, 3.8) is 0 Å². The zero-order chi connectivity index (χ0) is 15.6. The molecule has 1 saturated heterocycles. The minimum atomic E-state index is -0.514. The molecule has 0 bridgehead atoms. The van der Waals surface area contributed by atoms with Gasteiger partial charge in [-0.05, 0) is 18.9 Å². The molecule has 0 radical (unpaired) electrons. The van der Waals surface area contributed by atoms with Crippen molar-refractivity contribution in [3.8, 4) is 0 Å². The van der Waals surface area contributed by atoms with Gasteiger partial charge in [0.15, 0.2) is 0 Å². The number of pyridine rings is 1. The van der Waals surface area contributed by atoms with Gasteiger partial charge in [-0.2, -0.15) is 0 Å². The third kappa shape index (κ3) is 3.15. The topological polar surface area (TPSA) is 71.4 Å². The van der Waals surface area contributed by atoms with Crippen molar-refractivity contribution in [3.05, 3.63) is 34.7 Å². The lowest BCUT2D eigenvalue weighted by atomic mass is 9.97. The van der Waals surface area contributed by atoms with E-state index < -0.39 is 12.1 Å². The normalized spacial score (nSPS) is 22.6. The van der Waals surface area contributed by atoms with Gasteiger partial charge in [-0.3, -0.25) is 14.4 Å². The summed E-state index contributed by atoms with van der Waals surface area (Å²) in [6.45, 7) is 6.24. The highest BCUT2D eigenvalue weighted by Crippen LogP contribution is 2.17. The van der Waals surface area contributed by atoms with Gasteiger partial charge >= 0.3 is 0 Å². The Morgan fingerprint density at radius 1 is 1.19 bits per heavy atom. The molecule has 1 aliphatic rings. The van der Waals surface area contributed by atoms with Gasteiger partial charge in [0, 0.05) is 25.4 Å². The molecule has 6 nitrogen and oxygen atoms in total. The minimum absolute atomic E-state index is 0.0222. The number of piperazine rings is 1. The van der Waals surface area contributed by atoms with Crippen molar-refractivity contribution in [2.75, 3.05) is 6.54 Å². The Labute approximate surface area is 123 Å².